The predicted molar refractivity (Wildman–Crippen MR) is 105 cm³/mol. The number of aromatic hydroxyl groups is 1. The summed E-state index contributed by atoms with van der Waals surface area (Å²) in [6.45, 7) is 0. The Morgan fingerprint density at radius 2 is 1.86 bits per heavy atom. The summed E-state index contributed by atoms with van der Waals surface area (Å²) in [5.41, 5.74) is 1.93. The Balaban J connectivity index is 1.63. The first kappa shape index (κ1) is 18.3. The number of hydrogen-bond acceptors (Lipinski definition) is 4. The second-order valence-electron chi connectivity index (χ2n) is 6.23. The molecule has 0 saturated carbocycles. The highest BCUT2D eigenvalue weighted by Crippen LogP contribution is 2.26. The van der Waals surface area contributed by atoms with E-state index in [9.17, 15) is 18.7 Å². The molecular formula is C21H14F2N4O2. The van der Waals surface area contributed by atoms with Crippen LogP contribution in [0, 0.1) is 11.6 Å². The van der Waals surface area contributed by atoms with E-state index in [-0.39, 0.29) is 22.9 Å². The molecule has 2 aromatic carbocycles. The van der Waals surface area contributed by atoms with Crippen LogP contribution in [0.4, 0.5) is 14.5 Å². The van der Waals surface area contributed by atoms with Gasteiger partial charge in [-0.15, -0.1) is 0 Å². The molecule has 1 amide bonds. The largest absolute Gasteiger partial charge is 0.493 e. The van der Waals surface area contributed by atoms with Crippen LogP contribution in [-0.2, 0) is 0 Å². The van der Waals surface area contributed by atoms with Gasteiger partial charge in [0.25, 0.3) is 5.91 Å². The zero-order valence-corrected chi connectivity index (χ0v) is 14.9. The van der Waals surface area contributed by atoms with Gasteiger partial charge in [-0.1, -0.05) is 18.2 Å². The van der Waals surface area contributed by atoms with E-state index in [2.05, 4.69) is 20.5 Å². The van der Waals surface area contributed by atoms with Gasteiger partial charge in [0, 0.05) is 23.7 Å². The number of aromatic nitrogens is 3. The van der Waals surface area contributed by atoms with E-state index < -0.39 is 11.7 Å². The first-order valence-corrected chi connectivity index (χ1v) is 8.57. The van der Waals surface area contributed by atoms with Crippen LogP contribution in [-0.4, -0.2) is 26.2 Å². The number of carbonyl (C=O) groups excluding carboxylic acids is 1. The van der Waals surface area contributed by atoms with Crippen LogP contribution in [0.5, 0.6) is 5.88 Å². The highest BCUT2D eigenvalue weighted by atomic mass is 19.1. The quantitative estimate of drug-likeness (QED) is 0.481. The Kier molecular flexibility index (Phi) is 4.74. The lowest BCUT2D eigenvalue weighted by Gasteiger charge is -2.07. The number of benzene rings is 2. The van der Waals surface area contributed by atoms with Crippen molar-refractivity contribution in [3.8, 4) is 5.88 Å². The fourth-order valence-corrected chi connectivity index (χ4v) is 2.75. The van der Waals surface area contributed by atoms with E-state index in [0.717, 1.165) is 5.56 Å². The summed E-state index contributed by atoms with van der Waals surface area (Å²) >= 11 is 0. The lowest BCUT2D eigenvalue weighted by atomic mass is 10.1. The van der Waals surface area contributed by atoms with Crippen molar-refractivity contribution >= 4 is 34.6 Å². The number of carbonyl (C=O) groups is 1. The Morgan fingerprint density at radius 3 is 2.59 bits per heavy atom. The maximum absolute atomic E-state index is 14.4. The van der Waals surface area contributed by atoms with Crippen LogP contribution in [0.15, 0.2) is 54.7 Å². The van der Waals surface area contributed by atoms with E-state index in [1.54, 1.807) is 24.3 Å². The van der Waals surface area contributed by atoms with Gasteiger partial charge in [-0.2, -0.15) is 5.10 Å². The predicted octanol–water partition coefficient (Wildman–Crippen LogP) is 4.36. The zero-order valence-electron chi connectivity index (χ0n) is 14.9. The number of fused-ring (bicyclic) bond motifs is 1. The second-order valence-corrected chi connectivity index (χ2v) is 6.23. The molecule has 8 heteroatoms. The summed E-state index contributed by atoms with van der Waals surface area (Å²) < 4.78 is 27.4. The molecule has 0 aliphatic rings. The van der Waals surface area contributed by atoms with Crippen molar-refractivity contribution in [2.24, 2.45) is 0 Å². The zero-order chi connectivity index (χ0) is 20.4. The van der Waals surface area contributed by atoms with Gasteiger partial charge in [0.2, 0.25) is 5.88 Å². The van der Waals surface area contributed by atoms with Gasteiger partial charge in [-0.25, -0.2) is 13.8 Å². The van der Waals surface area contributed by atoms with Gasteiger partial charge in [0.15, 0.2) is 0 Å². The smallest absolute Gasteiger partial charge is 0.257 e. The summed E-state index contributed by atoms with van der Waals surface area (Å²) in [5, 5.41) is 19.2. The van der Waals surface area contributed by atoms with E-state index >= 15 is 0 Å². The Bertz CT molecular complexity index is 1220. The van der Waals surface area contributed by atoms with Crippen LogP contribution in [0.3, 0.4) is 0 Å². The molecule has 0 atom stereocenters. The summed E-state index contributed by atoms with van der Waals surface area (Å²) in [6, 6.07) is 11.3. The Morgan fingerprint density at radius 1 is 1.07 bits per heavy atom. The molecule has 0 bridgehead atoms. The number of anilines is 1. The third kappa shape index (κ3) is 3.96. The molecular weight excluding hydrogens is 378 g/mol. The van der Waals surface area contributed by atoms with Crippen molar-refractivity contribution in [3.63, 3.8) is 0 Å². The van der Waals surface area contributed by atoms with Crippen molar-refractivity contribution in [1.29, 1.82) is 0 Å². The molecule has 2 heterocycles. The topological polar surface area (TPSA) is 90.9 Å². The number of rotatable bonds is 4. The molecule has 0 spiro atoms. The van der Waals surface area contributed by atoms with Crippen LogP contribution >= 0.6 is 0 Å². The van der Waals surface area contributed by atoms with E-state index in [1.165, 1.54) is 42.6 Å². The molecule has 29 heavy (non-hydrogen) atoms. The third-order valence-electron chi connectivity index (χ3n) is 4.24. The molecule has 0 saturated heterocycles. The number of aromatic amines is 1. The Labute approximate surface area is 163 Å². The maximum atomic E-state index is 14.4. The lowest BCUT2D eigenvalue weighted by molar-refractivity contribution is 0.102. The highest BCUT2D eigenvalue weighted by molar-refractivity contribution is 6.05. The van der Waals surface area contributed by atoms with Crippen LogP contribution in [0.1, 0.15) is 21.6 Å². The lowest BCUT2D eigenvalue weighted by Crippen LogP contribution is -2.13. The van der Waals surface area contributed by atoms with Crippen molar-refractivity contribution in [2.75, 3.05) is 5.32 Å². The average molecular weight is 392 g/mol. The molecule has 0 unspecified atom stereocenters. The first-order valence-electron chi connectivity index (χ1n) is 8.57. The van der Waals surface area contributed by atoms with Crippen molar-refractivity contribution < 1.29 is 18.7 Å². The van der Waals surface area contributed by atoms with Gasteiger partial charge in [0.1, 0.15) is 11.6 Å². The standard InChI is InChI=1S/C21H14F2N4O2/c22-14-5-1-12(2-6-14)3-7-17-15-9-19(16(23)10-18(15)27-26-17)25-21(29)13-4-8-20(28)24-11-13/h1-11H,(H,24,28)(H,25,29)(H,26,27). The molecule has 0 aliphatic heterocycles. The molecule has 0 radical (unpaired) electrons. The number of nitrogens with zero attached hydrogens (tertiary/aromatic N) is 2. The summed E-state index contributed by atoms with van der Waals surface area (Å²) in [7, 11) is 0. The fraction of sp³-hybridized carbons (Fsp3) is 0. The number of pyridine rings is 1. The number of hydrogen-bond donors (Lipinski definition) is 3. The number of H-pyrrole nitrogens is 1. The molecule has 2 aromatic heterocycles. The van der Waals surface area contributed by atoms with Crippen molar-refractivity contribution in [3.05, 3.63) is 83.2 Å². The van der Waals surface area contributed by atoms with Crippen molar-refractivity contribution in [2.45, 2.75) is 0 Å². The van der Waals surface area contributed by atoms with Gasteiger partial charge < -0.3 is 10.4 Å². The molecule has 144 valence electrons. The number of amides is 1. The maximum Gasteiger partial charge on any atom is 0.257 e. The minimum absolute atomic E-state index is 0.0200. The molecule has 0 fully saturated rings. The monoisotopic (exact) mass is 392 g/mol. The average Bonchev–Trinajstić information content (AvgIpc) is 3.10. The number of nitrogens with one attached hydrogen (secondary N) is 2. The van der Waals surface area contributed by atoms with E-state index in [0.29, 0.717) is 16.6 Å². The fourth-order valence-electron chi connectivity index (χ4n) is 2.75. The van der Waals surface area contributed by atoms with Crippen LogP contribution in [0.25, 0.3) is 23.1 Å². The minimum atomic E-state index is -0.629. The normalized spacial score (nSPS) is 11.2. The van der Waals surface area contributed by atoms with Gasteiger partial charge in [0.05, 0.1) is 22.5 Å². The van der Waals surface area contributed by atoms with Crippen molar-refractivity contribution in [1.82, 2.24) is 15.2 Å². The van der Waals surface area contributed by atoms with E-state index in [4.69, 9.17) is 0 Å². The molecule has 0 aliphatic carbocycles. The van der Waals surface area contributed by atoms with E-state index in [1.807, 2.05) is 0 Å². The van der Waals surface area contributed by atoms with Gasteiger partial charge in [-0.3, -0.25) is 9.89 Å². The van der Waals surface area contributed by atoms with Crippen LogP contribution in [0.2, 0.25) is 0 Å². The third-order valence-corrected chi connectivity index (χ3v) is 4.24. The summed E-state index contributed by atoms with van der Waals surface area (Å²) in [4.78, 5) is 15.9. The number of halogens is 2. The van der Waals surface area contributed by atoms with Gasteiger partial charge >= 0.3 is 0 Å². The van der Waals surface area contributed by atoms with Crippen LogP contribution < -0.4 is 5.32 Å². The molecule has 4 aromatic rings. The molecule has 3 N–H and O–H groups in total. The SMILES string of the molecule is O=C(Nc1cc2c(C=Cc3ccc(F)cc3)n[nH]c2cc1F)c1ccc(O)nc1. The second kappa shape index (κ2) is 7.51. The summed E-state index contributed by atoms with van der Waals surface area (Å²) in [5.74, 6) is -1.74. The highest BCUT2D eigenvalue weighted by Gasteiger charge is 2.13. The molecule has 4 rings (SSSR count). The molecule has 6 nitrogen and oxygen atoms in total. The summed E-state index contributed by atoms with van der Waals surface area (Å²) in [6.07, 6.45) is 4.65. The first-order chi connectivity index (χ1) is 14.0. The Hall–Kier alpha value is -4.07. The minimum Gasteiger partial charge on any atom is -0.493 e. The van der Waals surface area contributed by atoms with Gasteiger partial charge in [-0.05, 0) is 35.9 Å².